The minimum absolute atomic E-state index is 0.174. The number of hydrogen-bond donors (Lipinski definition) is 2. The summed E-state index contributed by atoms with van der Waals surface area (Å²) in [6, 6.07) is 1.42. The van der Waals surface area contributed by atoms with Crippen LogP contribution in [0.5, 0.6) is 0 Å². The van der Waals surface area contributed by atoms with Crippen LogP contribution in [0.4, 0.5) is 0 Å². The molecule has 0 spiro atoms. The van der Waals surface area contributed by atoms with Crippen LogP contribution in [0, 0.1) is 5.21 Å². The first-order valence-electron chi connectivity index (χ1n) is 5.03. The van der Waals surface area contributed by atoms with Gasteiger partial charge in [0.2, 0.25) is 0 Å². The molecule has 1 saturated heterocycles. The highest BCUT2D eigenvalue weighted by Crippen LogP contribution is 2.26. The maximum atomic E-state index is 11.5. The third-order valence-electron chi connectivity index (χ3n) is 2.76. The highest BCUT2D eigenvalue weighted by molar-refractivity contribution is 4.92. The number of nitrogens with two attached hydrogens (primary N) is 2. The van der Waals surface area contributed by atoms with E-state index in [4.69, 9.17) is 11.6 Å². The molecule has 6 nitrogen and oxygen atoms in total. The van der Waals surface area contributed by atoms with E-state index >= 15 is 0 Å². The Hall–Kier alpha value is -1.24. The molecular weight excluding hydrogens is 194 g/mol. The van der Waals surface area contributed by atoms with E-state index in [-0.39, 0.29) is 12.2 Å². The zero-order chi connectivity index (χ0) is 10.8. The summed E-state index contributed by atoms with van der Waals surface area (Å²) in [5.41, 5.74) is 5.82. The Labute approximate surface area is 88.1 Å². The van der Waals surface area contributed by atoms with Crippen LogP contribution in [-0.2, 0) is 0 Å². The average molecular weight is 209 g/mol. The van der Waals surface area contributed by atoms with Crippen molar-refractivity contribution in [2.45, 2.75) is 31.5 Å². The minimum Gasteiger partial charge on any atom is -0.711 e. The highest BCUT2D eigenvalue weighted by atomic mass is 16.5. The van der Waals surface area contributed by atoms with Crippen LogP contribution in [0.25, 0.3) is 0 Å². The van der Waals surface area contributed by atoms with Crippen LogP contribution in [-0.4, -0.2) is 16.2 Å². The molecular formula is C9H15N5O. The molecule has 1 aromatic heterocycles. The molecule has 1 fully saturated rings. The van der Waals surface area contributed by atoms with Crippen LogP contribution in [0.15, 0.2) is 18.5 Å². The number of hydrazine groups is 1. The monoisotopic (exact) mass is 209 g/mol. The Morgan fingerprint density at radius 1 is 1.53 bits per heavy atom. The molecule has 0 saturated carbocycles. The maximum Gasteiger partial charge on any atom is 0.319 e. The summed E-state index contributed by atoms with van der Waals surface area (Å²) in [4.78, 5) is 4.06. The molecule has 0 amide bonds. The van der Waals surface area contributed by atoms with Crippen LogP contribution < -0.4 is 16.3 Å². The van der Waals surface area contributed by atoms with Gasteiger partial charge in [-0.25, -0.2) is 9.74 Å². The Kier molecular flexibility index (Phi) is 2.81. The first-order chi connectivity index (χ1) is 7.20. The molecule has 2 heterocycles. The number of rotatable bonds is 1. The second kappa shape index (κ2) is 4.09. The number of aromatic nitrogens is 2. The van der Waals surface area contributed by atoms with E-state index in [2.05, 4.69) is 4.98 Å². The van der Waals surface area contributed by atoms with Gasteiger partial charge in [-0.1, -0.05) is 4.98 Å². The molecule has 1 aliphatic heterocycles. The molecule has 1 aliphatic rings. The van der Waals surface area contributed by atoms with Gasteiger partial charge in [0, 0.05) is 6.07 Å². The number of hydrogen-bond acceptors (Lipinski definition) is 5. The average Bonchev–Trinajstić information content (AvgIpc) is 2.23. The fourth-order valence-electron chi connectivity index (χ4n) is 1.91. The smallest absolute Gasteiger partial charge is 0.319 e. The zero-order valence-corrected chi connectivity index (χ0v) is 8.41. The van der Waals surface area contributed by atoms with Gasteiger partial charge in [-0.05, 0) is 19.3 Å². The van der Waals surface area contributed by atoms with E-state index < -0.39 is 0 Å². The van der Waals surface area contributed by atoms with Crippen molar-refractivity contribution in [3.8, 4) is 0 Å². The van der Waals surface area contributed by atoms with Gasteiger partial charge in [-0.15, -0.1) is 0 Å². The Bertz CT molecular complexity index is 345. The molecule has 82 valence electrons. The van der Waals surface area contributed by atoms with Gasteiger partial charge >= 0.3 is 5.82 Å². The van der Waals surface area contributed by atoms with Gasteiger partial charge in [0.05, 0.1) is 12.4 Å². The zero-order valence-electron chi connectivity index (χ0n) is 8.41. The summed E-state index contributed by atoms with van der Waals surface area (Å²) in [6.45, 7) is 0. The molecule has 2 atom stereocenters. The summed E-state index contributed by atoms with van der Waals surface area (Å²) in [7, 11) is 0. The first-order valence-corrected chi connectivity index (χ1v) is 5.03. The summed E-state index contributed by atoms with van der Waals surface area (Å²) in [5, 5.41) is 13.0. The Morgan fingerprint density at radius 2 is 2.33 bits per heavy atom. The maximum absolute atomic E-state index is 11.5. The van der Waals surface area contributed by atoms with E-state index in [0.717, 1.165) is 24.0 Å². The fourth-order valence-corrected chi connectivity index (χ4v) is 1.91. The second-order valence-corrected chi connectivity index (χ2v) is 3.76. The van der Waals surface area contributed by atoms with E-state index in [1.54, 1.807) is 12.3 Å². The van der Waals surface area contributed by atoms with E-state index in [0.29, 0.717) is 5.82 Å². The van der Waals surface area contributed by atoms with Crippen LogP contribution >= 0.6 is 0 Å². The molecule has 15 heavy (non-hydrogen) atoms. The van der Waals surface area contributed by atoms with E-state index in [1.807, 2.05) is 0 Å². The predicted molar refractivity (Wildman–Crippen MR) is 53.8 cm³/mol. The summed E-state index contributed by atoms with van der Waals surface area (Å²) < 4.78 is 0.753. The molecule has 0 aliphatic carbocycles. The minimum atomic E-state index is -0.189. The number of nitrogens with zero attached hydrogens (tertiary/aromatic N) is 3. The lowest BCUT2D eigenvalue weighted by atomic mass is 10.0. The van der Waals surface area contributed by atoms with Gasteiger partial charge in [0.15, 0.2) is 0 Å². The molecule has 4 N–H and O–H groups in total. The van der Waals surface area contributed by atoms with Crippen molar-refractivity contribution < 1.29 is 4.73 Å². The van der Waals surface area contributed by atoms with Crippen molar-refractivity contribution in [2.24, 2.45) is 11.6 Å². The summed E-state index contributed by atoms with van der Waals surface area (Å²) in [5.74, 6) is 6.27. The molecule has 0 radical (unpaired) electrons. The first kappa shape index (κ1) is 10.3. The molecule has 2 unspecified atom stereocenters. The lowest BCUT2D eigenvalue weighted by molar-refractivity contribution is -0.621. The topological polar surface area (TPSA) is 95.1 Å². The highest BCUT2D eigenvalue weighted by Gasteiger charge is 2.33. The third kappa shape index (κ3) is 1.92. The largest absolute Gasteiger partial charge is 0.711 e. The van der Waals surface area contributed by atoms with E-state index in [1.165, 1.54) is 11.2 Å². The Morgan fingerprint density at radius 3 is 3.07 bits per heavy atom. The predicted octanol–water partition coefficient (Wildman–Crippen LogP) is -0.599. The number of piperidine rings is 1. The van der Waals surface area contributed by atoms with Crippen molar-refractivity contribution in [3.63, 3.8) is 0 Å². The Balaban J connectivity index is 2.26. The standard InChI is InChI=1S/C9H15N5O/c10-8-4-1-3-7(14(8)11)9-12-5-2-6-13(9)15/h2,5-8H,1,3-4,10-11H2. The van der Waals surface area contributed by atoms with Crippen molar-refractivity contribution in [3.05, 3.63) is 29.5 Å². The van der Waals surface area contributed by atoms with Crippen LogP contribution in [0.3, 0.4) is 0 Å². The molecule has 1 aromatic rings. The molecule has 6 heteroatoms. The third-order valence-corrected chi connectivity index (χ3v) is 2.76. The van der Waals surface area contributed by atoms with Crippen LogP contribution in [0.2, 0.25) is 0 Å². The van der Waals surface area contributed by atoms with Crippen molar-refractivity contribution in [1.29, 1.82) is 0 Å². The quantitative estimate of drug-likeness (QED) is 0.366. The van der Waals surface area contributed by atoms with Gasteiger partial charge < -0.3 is 10.9 Å². The van der Waals surface area contributed by atoms with Crippen molar-refractivity contribution in [2.75, 3.05) is 0 Å². The summed E-state index contributed by atoms with van der Waals surface area (Å²) in [6.07, 6.45) is 5.48. The lowest BCUT2D eigenvalue weighted by Crippen LogP contribution is -2.54. The molecule has 0 bridgehead atoms. The van der Waals surface area contributed by atoms with Gasteiger partial charge in [0.1, 0.15) is 12.2 Å². The van der Waals surface area contributed by atoms with Gasteiger partial charge in [0.25, 0.3) is 0 Å². The fraction of sp³-hybridized carbons (Fsp3) is 0.556. The normalized spacial score (nSPS) is 27.9. The van der Waals surface area contributed by atoms with Crippen molar-refractivity contribution in [1.82, 2.24) is 9.99 Å². The summed E-state index contributed by atoms with van der Waals surface area (Å²) >= 11 is 0. The van der Waals surface area contributed by atoms with Gasteiger partial charge in [-0.2, -0.15) is 0 Å². The molecule has 2 rings (SSSR count). The van der Waals surface area contributed by atoms with Gasteiger partial charge in [-0.3, -0.25) is 5.84 Å². The SMILES string of the molecule is NC1CCCC(c2nccc[n+]2[O-])N1N. The lowest BCUT2D eigenvalue weighted by Gasteiger charge is -2.34. The van der Waals surface area contributed by atoms with Crippen LogP contribution in [0.1, 0.15) is 31.1 Å². The van der Waals surface area contributed by atoms with Crippen molar-refractivity contribution >= 4 is 0 Å². The molecule has 0 aromatic carbocycles. The van der Waals surface area contributed by atoms with E-state index in [9.17, 15) is 5.21 Å². The second-order valence-electron chi connectivity index (χ2n) is 3.76.